The Labute approximate surface area is 226 Å². The number of carboxylic acids is 1. The highest BCUT2D eigenvalue weighted by atomic mass is 32.2. The van der Waals surface area contributed by atoms with E-state index in [4.69, 9.17) is 14.5 Å². The molecule has 5 rings (SSSR count). The largest absolute Gasteiger partial charge is 0.497 e. The number of para-hydroxylation sites is 2. The molecule has 1 saturated heterocycles. The second-order valence-corrected chi connectivity index (χ2v) is 10.7. The van der Waals surface area contributed by atoms with E-state index >= 15 is 0 Å². The average molecular weight is 549 g/mol. The van der Waals surface area contributed by atoms with Crippen LogP contribution in [0.15, 0.2) is 77.7 Å². The summed E-state index contributed by atoms with van der Waals surface area (Å²) in [4.78, 5) is 21.3. The van der Waals surface area contributed by atoms with Crippen molar-refractivity contribution in [1.82, 2.24) is 4.98 Å². The molecule has 0 amide bonds. The Bertz CT molecular complexity index is 1620. The van der Waals surface area contributed by atoms with Gasteiger partial charge in [0, 0.05) is 37.3 Å². The van der Waals surface area contributed by atoms with Gasteiger partial charge < -0.3 is 24.4 Å². The maximum absolute atomic E-state index is 12.9. The normalized spacial score (nSPS) is 13.8. The predicted molar refractivity (Wildman–Crippen MR) is 150 cm³/mol. The summed E-state index contributed by atoms with van der Waals surface area (Å²) in [6, 6.07) is 20.1. The fraction of sp³-hybridized carbons (Fsp3) is 0.214. The van der Waals surface area contributed by atoms with E-state index in [2.05, 4.69) is 14.5 Å². The highest BCUT2D eigenvalue weighted by Crippen LogP contribution is 2.31. The minimum atomic E-state index is -3.89. The Kier molecular flexibility index (Phi) is 7.16. The third kappa shape index (κ3) is 5.39. The molecule has 39 heavy (non-hydrogen) atoms. The number of anilines is 3. The molecule has 0 aliphatic carbocycles. The van der Waals surface area contributed by atoms with Gasteiger partial charge in [-0.3, -0.25) is 4.72 Å². The van der Waals surface area contributed by atoms with Crippen molar-refractivity contribution >= 4 is 44.1 Å². The number of piperazine rings is 1. The van der Waals surface area contributed by atoms with Crippen LogP contribution < -0.4 is 24.0 Å². The van der Waals surface area contributed by atoms with Crippen molar-refractivity contribution in [3.63, 3.8) is 0 Å². The lowest BCUT2D eigenvalue weighted by atomic mass is 10.1. The number of ether oxygens (including phenoxy) is 2. The van der Waals surface area contributed by atoms with Crippen molar-refractivity contribution in [3.8, 4) is 11.5 Å². The number of aromatic carboxylic acids is 1. The molecule has 0 unspecified atom stereocenters. The number of nitrogens with zero attached hydrogens (tertiary/aromatic N) is 3. The molecule has 0 atom stereocenters. The lowest BCUT2D eigenvalue weighted by molar-refractivity contribution is 0.0699. The molecule has 1 aliphatic rings. The van der Waals surface area contributed by atoms with E-state index in [1.807, 2.05) is 24.3 Å². The molecule has 202 valence electrons. The Morgan fingerprint density at radius 3 is 2.26 bits per heavy atom. The number of sulfonamides is 1. The van der Waals surface area contributed by atoms with Crippen molar-refractivity contribution < 1.29 is 27.8 Å². The topological polar surface area (TPSA) is 121 Å². The number of carboxylic acid groups (broad SMARTS) is 1. The van der Waals surface area contributed by atoms with Gasteiger partial charge in [0.25, 0.3) is 10.0 Å². The van der Waals surface area contributed by atoms with E-state index in [9.17, 15) is 18.3 Å². The second-order valence-electron chi connectivity index (χ2n) is 8.99. The van der Waals surface area contributed by atoms with Gasteiger partial charge >= 0.3 is 5.97 Å². The van der Waals surface area contributed by atoms with E-state index in [0.717, 1.165) is 11.4 Å². The highest BCUT2D eigenvalue weighted by molar-refractivity contribution is 7.92. The van der Waals surface area contributed by atoms with Gasteiger partial charge in [0.15, 0.2) is 0 Å². The van der Waals surface area contributed by atoms with Crippen LogP contribution in [0.4, 0.5) is 17.2 Å². The Morgan fingerprint density at radius 1 is 0.897 bits per heavy atom. The van der Waals surface area contributed by atoms with Crippen LogP contribution in [0.2, 0.25) is 0 Å². The molecule has 2 N–H and O–H groups in total. The van der Waals surface area contributed by atoms with Crippen molar-refractivity contribution in [1.29, 1.82) is 0 Å². The number of aromatic nitrogens is 1. The summed E-state index contributed by atoms with van der Waals surface area (Å²) >= 11 is 0. The average Bonchev–Trinajstić information content (AvgIpc) is 2.96. The lowest BCUT2D eigenvalue weighted by Gasteiger charge is -2.37. The maximum Gasteiger partial charge on any atom is 0.336 e. The number of benzene rings is 3. The Morgan fingerprint density at radius 2 is 1.59 bits per heavy atom. The number of fused-ring (bicyclic) bond motifs is 1. The summed E-state index contributed by atoms with van der Waals surface area (Å²) in [6.07, 6.45) is 0. The highest BCUT2D eigenvalue weighted by Gasteiger charge is 2.23. The Balaban J connectivity index is 1.39. The second kappa shape index (κ2) is 10.7. The summed E-state index contributed by atoms with van der Waals surface area (Å²) in [5.74, 6) is 0.785. The van der Waals surface area contributed by atoms with Crippen molar-refractivity contribution in [2.24, 2.45) is 0 Å². The smallest absolute Gasteiger partial charge is 0.336 e. The van der Waals surface area contributed by atoms with Gasteiger partial charge in [-0.1, -0.05) is 12.1 Å². The van der Waals surface area contributed by atoms with Crippen LogP contribution in [-0.4, -0.2) is 64.9 Å². The molecule has 0 bridgehead atoms. The number of pyridine rings is 1. The van der Waals surface area contributed by atoms with Gasteiger partial charge in [-0.25, -0.2) is 18.2 Å². The van der Waals surface area contributed by atoms with Crippen molar-refractivity contribution in [2.75, 3.05) is 54.9 Å². The molecule has 1 aromatic heterocycles. The van der Waals surface area contributed by atoms with Crippen LogP contribution in [0.3, 0.4) is 0 Å². The fourth-order valence-electron chi connectivity index (χ4n) is 4.65. The summed E-state index contributed by atoms with van der Waals surface area (Å²) in [6.45, 7) is 2.73. The van der Waals surface area contributed by atoms with Gasteiger partial charge in [-0.05, 0) is 60.7 Å². The van der Waals surface area contributed by atoms with Gasteiger partial charge in [-0.2, -0.15) is 0 Å². The number of rotatable bonds is 8. The number of hydrogen-bond acceptors (Lipinski definition) is 8. The summed E-state index contributed by atoms with van der Waals surface area (Å²) < 4.78 is 38.9. The van der Waals surface area contributed by atoms with Crippen molar-refractivity contribution in [3.05, 3.63) is 78.4 Å². The van der Waals surface area contributed by atoms with E-state index in [1.165, 1.54) is 25.3 Å². The SMILES string of the molecule is COc1ccc(S(=O)(=O)Nc2ccc3nc(N4CCN(c5ccccc5OC)CC4)cc(C(=O)O)c3c2)cc1. The molecule has 0 radical (unpaired) electrons. The minimum absolute atomic E-state index is 0.0488. The van der Waals surface area contributed by atoms with Crippen LogP contribution in [0.25, 0.3) is 10.9 Å². The molecule has 2 heterocycles. The summed E-state index contributed by atoms with van der Waals surface area (Å²) in [5, 5.41) is 10.3. The first-order chi connectivity index (χ1) is 18.8. The maximum atomic E-state index is 12.9. The molecule has 4 aromatic rings. The molecule has 3 aromatic carbocycles. The van der Waals surface area contributed by atoms with E-state index in [1.54, 1.807) is 37.4 Å². The van der Waals surface area contributed by atoms with Gasteiger partial charge in [0.05, 0.1) is 35.9 Å². The molecule has 1 fully saturated rings. The van der Waals surface area contributed by atoms with Crippen LogP contribution in [0.5, 0.6) is 11.5 Å². The van der Waals surface area contributed by atoms with Gasteiger partial charge in [0.2, 0.25) is 0 Å². The molecular weight excluding hydrogens is 520 g/mol. The van der Waals surface area contributed by atoms with Gasteiger partial charge in [-0.15, -0.1) is 0 Å². The van der Waals surface area contributed by atoms with Crippen LogP contribution in [-0.2, 0) is 10.0 Å². The zero-order chi connectivity index (χ0) is 27.6. The molecule has 0 saturated carbocycles. The molecule has 0 spiro atoms. The zero-order valence-corrected chi connectivity index (χ0v) is 22.3. The number of nitrogens with one attached hydrogen (secondary N) is 1. The van der Waals surface area contributed by atoms with Gasteiger partial charge in [0.1, 0.15) is 17.3 Å². The standard InChI is InChI=1S/C28H28N4O6S/c1-37-20-8-10-21(11-9-20)39(35,36)30-19-7-12-24-22(17-19)23(28(33)34)18-27(29-24)32-15-13-31(14-16-32)25-5-3-4-6-26(25)38-2/h3-12,17-18,30H,13-16H2,1-2H3,(H,33,34). The fourth-order valence-corrected chi connectivity index (χ4v) is 5.70. The Hall–Kier alpha value is -4.51. The molecule has 11 heteroatoms. The van der Waals surface area contributed by atoms with Crippen LogP contribution in [0, 0.1) is 0 Å². The zero-order valence-electron chi connectivity index (χ0n) is 21.5. The minimum Gasteiger partial charge on any atom is -0.497 e. The summed E-state index contributed by atoms with van der Waals surface area (Å²) in [7, 11) is -0.746. The number of methoxy groups -OCH3 is 2. The van der Waals surface area contributed by atoms with E-state index in [-0.39, 0.29) is 16.1 Å². The molecular formula is C28H28N4O6S. The predicted octanol–water partition coefficient (Wildman–Crippen LogP) is 4.08. The lowest BCUT2D eigenvalue weighted by Crippen LogP contribution is -2.47. The molecule has 1 aliphatic heterocycles. The van der Waals surface area contributed by atoms with Crippen molar-refractivity contribution in [2.45, 2.75) is 4.90 Å². The summed E-state index contributed by atoms with van der Waals surface area (Å²) in [5.41, 5.74) is 1.76. The first-order valence-electron chi connectivity index (χ1n) is 12.3. The monoisotopic (exact) mass is 548 g/mol. The quantitative estimate of drug-likeness (QED) is 0.335. The first-order valence-corrected chi connectivity index (χ1v) is 13.8. The third-order valence-corrected chi connectivity index (χ3v) is 8.07. The van der Waals surface area contributed by atoms with Crippen LogP contribution >= 0.6 is 0 Å². The third-order valence-electron chi connectivity index (χ3n) is 6.68. The number of hydrogen-bond donors (Lipinski definition) is 2. The molecule has 10 nitrogen and oxygen atoms in total. The number of carbonyl (C=O) groups is 1. The first kappa shape index (κ1) is 26.1. The van der Waals surface area contributed by atoms with Crippen LogP contribution in [0.1, 0.15) is 10.4 Å². The van der Waals surface area contributed by atoms with E-state index < -0.39 is 16.0 Å². The van der Waals surface area contributed by atoms with E-state index in [0.29, 0.717) is 48.6 Å².